The predicted octanol–water partition coefficient (Wildman–Crippen LogP) is 0.367. The molecule has 3 N–H and O–H groups in total. The first kappa shape index (κ1) is 12.2. The van der Waals surface area contributed by atoms with Crippen LogP contribution in [0.1, 0.15) is 6.42 Å². The highest BCUT2D eigenvalue weighted by Crippen LogP contribution is 2.13. The van der Waals surface area contributed by atoms with Crippen LogP contribution >= 0.6 is 0 Å². The van der Waals surface area contributed by atoms with E-state index in [1.165, 1.54) is 0 Å². The zero-order valence-corrected chi connectivity index (χ0v) is 6.67. The summed E-state index contributed by atoms with van der Waals surface area (Å²) >= 11 is 0. The van der Waals surface area contributed by atoms with Gasteiger partial charge in [0.2, 0.25) is 0 Å². The molecular formula is C6H10F3NO3. The molecule has 0 aromatic rings. The Hall–Kier alpha value is -0.820. The maximum atomic E-state index is 10.6. The molecule has 0 aromatic carbocycles. The van der Waals surface area contributed by atoms with Gasteiger partial charge < -0.3 is 15.6 Å². The second kappa shape index (κ2) is 5.03. The summed E-state index contributed by atoms with van der Waals surface area (Å²) in [6, 6.07) is 0.324. The molecule has 4 nitrogen and oxygen atoms in total. The summed E-state index contributed by atoms with van der Waals surface area (Å²) in [6.07, 6.45) is -4.04. The SMILES string of the molecule is NC1CCOC1.O=C(O)C(F)(F)F. The Kier molecular flexibility index (Phi) is 4.71. The maximum Gasteiger partial charge on any atom is 0.490 e. The second-order valence-electron chi connectivity index (χ2n) is 2.43. The molecule has 1 aliphatic heterocycles. The number of carboxylic acid groups (broad SMARTS) is 1. The minimum Gasteiger partial charge on any atom is -0.475 e. The van der Waals surface area contributed by atoms with Crippen LogP contribution in [0.4, 0.5) is 13.2 Å². The van der Waals surface area contributed by atoms with E-state index in [4.69, 9.17) is 20.4 Å². The molecule has 0 bridgehead atoms. The van der Waals surface area contributed by atoms with Gasteiger partial charge in [-0.3, -0.25) is 0 Å². The molecule has 0 amide bonds. The van der Waals surface area contributed by atoms with Gasteiger partial charge in [0.15, 0.2) is 0 Å². The van der Waals surface area contributed by atoms with Crippen LogP contribution in [0.3, 0.4) is 0 Å². The Balaban J connectivity index is 0.000000223. The van der Waals surface area contributed by atoms with Crippen molar-refractivity contribution in [1.29, 1.82) is 0 Å². The van der Waals surface area contributed by atoms with E-state index in [0.717, 1.165) is 19.6 Å². The van der Waals surface area contributed by atoms with Crippen LogP contribution in [0.15, 0.2) is 0 Å². The molecule has 1 unspecified atom stereocenters. The van der Waals surface area contributed by atoms with Crippen molar-refractivity contribution in [2.45, 2.75) is 18.6 Å². The van der Waals surface area contributed by atoms with Gasteiger partial charge >= 0.3 is 12.1 Å². The molecule has 1 rings (SSSR count). The van der Waals surface area contributed by atoms with Crippen LogP contribution in [-0.2, 0) is 9.53 Å². The highest BCUT2D eigenvalue weighted by atomic mass is 19.4. The van der Waals surface area contributed by atoms with Crippen molar-refractivity contribution in [3.63, 3.8) is 0 Å². The zero-order chi connectivity index (χ0) is 10.5. The normalized spacial score (nSPS) is 22.0. The Morgan fingerprint density at radius 2 is 2.00 bits per heavy atom. The lowest BCUT2D eigenvalue weighted by molar-refractivity contribution is -0.192. The molecule has 1 aliphatic rings. The molecule has 0 saturated carbocycles. The maximum absolute atomic E-state index is 10.6. The van der Waals surface area contributed by atoms with Gasteiger partial charge in [0.1, 0.15) is 0 Å². The van der Waals surface area contributed by atoms with Crippen molar-refractivity contribution in [2.75, 3.05) is 13.2 Å². The van der Waals surface area contributed by atoms with Crippen LogP contribution < -0.4 is 5.73 Å². The fourth-order valence-electron chi connectivity index (χ4n) is 0.553. The smallest absolute Gasteiger partial charge is 0.475 e. The first-order valence-corrected chi connectivity index (χ1v) is 3.47. The number of ether oxygens (including phenoxy) is 1. The quantitative estimate of drug-likeness (QED) is 0.593. The van der Waals surface area contributed by atoms with Crippen LogP contribution in [-0.4, -0.2) is 36.5 Å². The predicted molar refractivity (Wildman–Crippen MR) is 37.1 cm³/mol. The second-order valence-corrected chi connectivity index (χ2v) is 2.43. The zero-order valence-electron chi connectivity index (χ0n) is 6.67. The van der Waals surface area contributed by atoms with E-state index >= 15 is 0 Å². The van der Waals surface area contributed by atoms with E-state index < -0.39 is 12.1 Å². The third kappa shape index (κ3) is 6.35. The Morgan fingerprint density at radius 1 is 1.54 bits per heavy atom. The third-order valence-corrected chi connectivity index (χ3v) is 1.21. The highest BCUT2D eigenvalue weighted by Gasteiger charge is 2.38. The summed E-state index contributed by atoms with van der Waals surface area (Å²) in [5.41, 5.74) is 5.41. The number of rotatable bonds is 0. The van der Waals surface area contributed by atoms with Gasteiger partial charge in [0.05, 0.1) is 6.61 Å². The first-order chi connectivity index (χ1) is 5.84. The minimum absolute atomic E-state index is 0.324. The number of carboxylic acids is 1. The fraction of sp³-hybridized carbons (Fsp3) is 0.833. The van der Waals surface area contributed by atoms with E-state index in [2.05, 4.69) is 0 Å². The van der Waals surface area contributed by atoms with Crippen molar-refractivity contribution in [3.8, 4) is 0 Å². The number of alkyl halides is 3. The van der Waals surface area contributed by atoms with Crippen molar-refractivity contribution in [2.24, 2.45) is 5.73 Å². The standard InChI is InChI=1S/C4H9NO.C2HF3O2/c5-4-1-2-6-3-4;3-2(4,5)1(6)7/h4H,1-3,5H2;(H,6,7). The average molecular weight is 201 g/mol. The average Bonchev–Trinajstić information content (AvgIpc) is 2.38. The van der Waals surface area contributed by atoms with Crippen molar-refractivity contribution in [3.05, 3.63) is 0 Å². The number of aliphatic carboxylic acids is 1. The Bertz CT molecular complexity index is 165. The van der Waals surface area contributed by atoms with Gasteiger partial charge in [-0.05, 0) is 6.42 Å². The lowest BCUT2D eigenvalue weighted by Gasteiger charge is -1.93. The Morgan fingerprint density at radius 3 is 2.08 bits per heavy atom. The summed E-state index contributed by atoms with van der Waals surface area (Å²) < 4.78 is 36.7. The number of carbonyl (C=O) groups is 1. The molecule has 0 aliphatic carbocycles. The molecule has 0 aromatic heterocycles. The molecule has 7 heteroatoms. The molecule has 0 spiro atoms. The molecule has 1 saturated heterocycles. The van der Waals surface area contributed by atoms with Gasteiger partial charge in [0.25, 0.3) is 0 Å². The van der Waals surface area contributed by atoms with E-state index in [0.29, 0.717) is 6.04 Å². The van der Waals surface area contributed by atoms with E-state index in [9.17, 15) is 13.2 Å². The van der Waals surface area contributed by atoms with Crippen LogP contribution in [0.2, 0.25) is 0 Å². The van der Waals surface area contributed by atoms with Gasteiger partial charge in [-0.15, -0.1) is 0 Å². The van der Waals surface area contributed by atoms with Crippen molar-refractivity contribution < 1.29 is 27.8 Å². The third-order valence-electron chi connectivity index (χ3n) is 1.21. The summed E-state index contributed by atoms with van der Waals surface area (Å²) in [5.74, 6) is -2.76. The molecule has 1 fully saturated rings. The van der Waals surface area contributed by atoms with Crippen LogP contribution in [0, 0.1) is 0 Å². The topological polar surface area (TPSA) is 72.5 Å². The van der Waals surface area contributed by atoms with Gasteiger partial charge in [-0.1, -0.05) is 0 Å². The first-order valence-electron chi connectivity index (χ1n) is 3.47. The van der Waals surface area contributed by atoms with Gasteiger partial charge in [-0.25, -0.2) is 4.79 Å². The van der Waals surface area contributed by atoms with Crippen LogP contribution in [0.25, 0.3) is 0 Å². The largest absolute Gasteiger partial charge is 0.490 e. The lowest BCUT2D eigenvalue weighted by atomic mass is 10.3. The molecule has 13 heavy (non-hydrogen) atoms. The van der Waals surface area contributed by atoms with E-state index in [-0.39, 0.29) is 0 Å². The fourth-order valence-corrected chi connectivity index (χ4v) is 0.553. The van der Waals surface area contributed by atoms with E-state index in [1.807, 2.05) is 0 Å². The summed E-state index contributed by atoms with van der Waals surface area (Å²) in [6.45, 7) is 1.63. The number of hydrogen-bond acceptors (Lipinski definition) is 3. The number of hydrogen-bond donors (Lipinski definition) is 2. The number of nitrogens with two attached hydrogens (primary N) is 1. The number of halogens is 3. The molecular weight excluding hydrogens is 191 g/mol. The monoisotopic (exact) mass is 201 g/mol. The molecule has 78 valence electrons. The van der Waals surface area contributed by atoms with Gasteiger partial charge in [0, 0.05) is 12.6 Å². The minimum atomic E-state index is -5.08. The summed E-state index contributed by atoms with van der Waals surface area (Å²) in [5, 5.41) is 7.12. The van der Waals surface area contributed by atoms with E-state index in [1.54, 1.807) is 0 Å². The van der Waals surface area contributed by atoms with Gasteiger partial charge in [-0.2, -0.15) is 13.2 Å². The van der Waals surface area contributed by atoms with Crippen LogP contribution in [0.5, 0.6) is 0 Å². The summed E-state index contributed by atoms with van der Waals surface area (Å²) in [7, 11) is 0. The summed E-state index contributed by atoms with van der Waals surface area (Å²) in [4.78, 5) is 8.90. The molecule has 1 heterocycles. The lowest BCUT2D eigenvalue weighted by Crippen LogP contribution is -2.21. The highest BCUT2D eigenvalue weighted by molar-refractivity contribution is 5.73. The van der Waals surface area contributed by atoms with Crippen molar-refractivity contribution >= 4 is 5.97 Å². The molecule has 1 atom stereocenters. The van der Waals surface area contributed by atoms with Crippen molar-refractivity contribution in [1.82, 2.24) is 0 Å². The molecule has 0 radical (unpaired) electrons. The Labute approximate surface area is 72.5 Å².